The van der Waals surface area contributed by atoms with Gasteiger partial charge in [0.1, 0.15) is 0 Å². The lowest BCUT2D eigenvalue weighted by Gasteiger charge is -2.29. The van der Waals surface area contributed by atoms with E-state index < -0.39 is 0 Å². The molecule has 2 heteroatoms. The van der Waals surface area contributed by atoms with Gasteiger partial charge in [-0.1, -0.05) is 123 Å². The Morgan fingerprint density at radius 2 is 1.17 bits per heavy atom. The first kappa shape index (κ1) is 29.0. The Labute approximate surface area is 214 Å². The fraction of sp³-hybridized carbons (Fsp3) is 0.576. The van der Waals surface area contributed by atoms with Crippen molar-refractivity contribution in [3.8, 4) is 0 Å². The predicted octanol–water partition coefficient (Wildman–Crippen LogP) is 9.56. The highest BCUT2D eigenvalue weighted by Gasteiger charge is 2.29. The number of Topliss-reactive ketones (excluding diaryl/α,β-unsaturated/α-hetero) is 2. The van der Waals surface area contributed by atoms with E-state index in [0.717, 1.165) is 43.2 Å². The lowest BCUT2D eigenvalue weighted by molar-refractivity contribution is -0.114. The number of hydrogen-bond acceptors (Lipinski definition) is 2. The Hall–Kier alpha value is -2.22. The summed E-state index contributed by atoms with van der Waals surface area (Å²) in [5.41, 5.74) is 5.47. The van der Waals surface area contributed by atoms with E-state index in [9.17, 15) is 9.59 Å². The van der Waals surface area contributed by atoms with Crippen LogP contribution in [0.5, 0.6) is 0 Å². The molecule has 0 spiro atoms. The van der Waals surface area contributed by atoms with Crippen LogP contribution in [0.25, 0.3) is 0 Å². The van der Waals surface area contributed by atoms with Crippen LogP contribution in [-0.4, -0.2) is 11.6 Å². The van der Waals surface area contributed by atoms with Crippen molar-refractivity contribution in [2.75, 3.05) is 0 Å². The second-order valence-corrected chi connectivity index (χ2v) is 10.6. The lowest BCUT2D eigenvalue weighted by Crippen LogP contribution is -2.22. The molecule has 0 aromatic heterocycles. The normalized spacial score (nSPS) is 13.9. The van der Waals surface area contributed by atoms with Gasteiger partial charge in [-0.3, -0.25) is 9.59 Å². The number of carbonyl (C=O) groups is 2. The van der Waals surface area contributed by atoms with Gasteiger partial charge in [0.05, 0.1) is 0 Å². The molecule has 0 saturated carbocycles. The van der Waals surface area contributed by atoms with Crippen LogP contribution in [0.1, 0.15) is 150 Å². The third kappa shape index (κ3) is 8.16. The third-order valence-corrected chi connectivity index (χ3v) is 7.51. The monoisotopic (exact) mass is 476 g/mol. The van der Waals surface area contributed by atoms with E-state index in [4.69, 9.17) is 0 Å². The van der Waals surface area contributed by atoms with E-state index in [1.54, 1.807) is 0 Å². The molecule has 3 atom stereocenters. The molecule has 0 aliphatic rings. The smallest absolute Gasteiger partial charge is 0.229 e. The summed E-state index contributed by atoms with van der Waals surface area (Å²) in [6.45, 7) is 13.6. The molecule has 0 N–H and O–H groups in total. The van der Waals surface area contributed by atoms with Crippen molar-refractivity contribution in [3.05, 3.63) is 70.3 Å². The fourth-order valence-electron chi connectivity index (χ4n) is 5.35. The molecule has 0 aliphatic carbocycles. The van der Waals surface area contributed by atoms with Crippen LogP contribution in [0.2, 0.25) is 0 Å². The summed E-state index contributed by atoms with van der Waals surface area (Å²) in [5, 5.41) is 0. The summed E-state index contributed by atoms with van der Waals surface area (Å²) >= 11 is 0. The highest BCUT2D eigenvalue weighted by atomic mass is 16.2. The molecule has 0 fully saturated rings. The molecule has 0 heterocycles. The Bertz CT molecular complexity index is 928. The summed E-state index contributed by atoms with van der Waals surface area (Å²) in [4.78, 5) is 26.8. The molecule has 3 unspecified atom stereocenters. The number of hydrogen-bond donors (Lipinski definition) is 0. The van der Waals surface area contributed by atoms with E-state index in [2.05, 4.69) is 47.6 Å². The summed E-state index contributed by atoms with van der Waals surface area (Å²) in [6.07, 6.45) is 10.5. The molecule has 2 aromatic rings. The topological polar surface area (TPSA) is 34.1 Å². The van der Waals surface area contributed by atoms with Gasteiger partial charge in [0.25, 0.3) is 0 Å². The molecular weight excluding hydrogens is 428 g/mol. The van der Waals surface area contributed by atoms with Crippen molar-refractivity contribution < 1.29 is 9.59 Å². The number of carbonyl (C=O) groups excluding carboxylic acids is 2. The molecule has 0 bridgehead atoms. The zero-order valence-electron chi connectivity index (χ0n) is 23.2. The van der Waals surface area contributed by atoms with Crippen LogP contribution in [0.15, 0.2) is 42.5 Å². The second kappa shape index (κ2) is 15.0. The maximum absolute atomic E-state index is 13.6. The average Bonchev–Trinajstić information content (AvgIpc) is 2.88. The Balaban J connectivity index is 2.60. The molecule has 0 saturated heterocycles. The van der Waals surface area contributed by atoms with Crippen LogP contribution >= 0.6 is 0 Å². The molecule has 2 rings (SSSR count). The molecule has 192 valence electrons. The molecular formula is C33H48O2. The first-order valence-corrected chi connectivity index (χ1v) is 14.1. The van der Waals surface area contributed by atoms with Gasteiger partial charge >= 0.3 is 0 Å². The molecule has 2 nitrogen and oxygen atoms in total. The zero-order chi connectivity index (χ0) is 25.8. The van der Waals surface area contributed by atoms with Crippen LogP contribution in [0, 0.1) is 0 Å². The fourth-order valence-corrected chi connectivity index (χ4v) is 5.35. The van der Waals surface area contributed by atoms with Gasteiger partial charge in [-0.25, -0.2) is 0 Å². The number of benzene rings is 2. The average molecular weight is 477 g/mol. The molecule has 2 aromatic carbocycles. The minimum Gasteiger partial charge on any atom is -0.290 e. The van der Waals surface area contributed by atoms with Gasteiger partial charge < -0.3 is 0 Å². The minimum atomic E-state index is -0.316. The standard InChI is InChI=1S/C33H48O2/c1-7-10-16-24(4)28-21-22-29(33(35)30(34)23-27-19-14-13-15-20-27)32(26(6)18-12-9-3)31(28)25(5)17-11-8-2/h13-15,19-22,24-26H,7-12,16-18,23H2,1-6H3. The number of ketones is 2. The summed E-state index contributed by atoms with van der Waals surface area (Å²) in [7, 11) is 0. The van der Waals surface area contributed by atoms with Crippen LogP contribution < -0.4 is 0 Å². The number of rotatable bonds is 16. The SMILES string of the molecule is CCCCC(C)c1ccc(C(=O)C(=O)Cc2ccccc2)c(C(C)CCCC)c1C(C)CCCC. The lowest BCUT2D eigenvalue weighted by atomic mass is 9.75. The number of unbranched alkanes of at least 4 members (excludes halogenated alkanes) is 3. The summed E-state index contributed by atoms with van der Waals surface area (Å²) in [6, 6.07) is 13.8. The molecule has 0 aliphatic heterocycles. The van der Waals surface area contributed by atoms with Gasteiger partial charge in [0, 0.05) is 12.0 Å². The highest BCUT2D eigenvalue weighted by Crippen LogP contribution is 2.40. The van der Waals surface area contributed by atoms with Crippen molar-refractivity contribution >= 4 is 11.6 Å². The van der Waals surface area contributed by atoms with Gasteiger partial charge in [-0.2, -0.15) is 0 Å². The quantitative estimate of drug-likeness (QED) is 0.178. The van der Waals surface area contributed by atoms with Crippen LogP contribution in [0.3, 0.4) is 0 Å². The van der Waals surface area contributed by atoms with Crippen molar-refractivity contribution in [2.45, 2.75) is 124 Å². The van der Waals surface area contributed by atoms with Gasteiger partial charge in [0.15, 0.2) is 0 Å². The van der Waals surface area contributed by atoms with Gasteiger partial charge in [0.2, 0.25) is 11.6 Å². The van der Waals surface area contributed by atoms with Crippen molar-refractivity contribution in [1.82, 2.24) is 0 Å². The first-order valence-electron chi connectivity index (χ1n) is 14.1. The predicted molar refractivity (Wildman–Crippen MR) is 150 cm³/mol. The first-order chi connectivity index (χ1) is 16.8. The van der Waals surface area contributed by atoms with E-state index in [1.807, 2.05) is 36.4 Å². The van der Waals surface area contributed by atoms with Crippen molar-refractivity contribution in [2.24, 2.45) is 0 Å². The van der Waals surface area contributed by atoms with Crippen LogP contribution in [-0.2, 0) is 11.2 Å². The Kier molecular flexibility index (Phi) is 12.4. The molecule has 0 amide bonds. The molecule has 35 heavy (non-hydrogen) atoms. The highest BCUT2D eigenvalue weighted by molar-refractivity contribution is 6.44. The maximum atomic E-state index is 13.6. The maximum Gasteiger partial charge on any atom is 0.229 e. The largest absolute Gasteiger partial charge is 0.290 e. The van der Waals surface area contributed by atoms with E-state index in [1.165, 1.54) is 36.8 Å². The van der Waals surface area contributed by atoms with E-state index >= 15 is 0 Å². The van der Waals surface area contributed by atoms with Crippen LogP contribution in [0.4, 0.5) is 0 Å². The minimum absolute atomic E-state index is 0.165. The Morgan fingerprint density at radius 3 is 1.71 bits per heavy atom. The van der Waals surface area contributed by atoms with Gasteiger partial charge in [-0.05, 0) is 59.3 Å². The summed E-state index contributed by atoms with van der Waals surface area (Å²) < 4.78 is 0. The van der Waals surface area contributed by atoms with E-state index in [-0.39, 0.29) is 23.9 Å². The van der Waals surface area contributed by atoms with Gasteiger partial charge in [-0.15, -0.1) is 0 Å². The Morgan fingerprint density at radius 1 is 0.657 bits per heavy atom. The van der Waals surface area contributed by atoms with Crippen molar-refractivity contribution in [1.29, 1.82) is 0 Å². The third-order valence-electron chi connectivity index (χ3n) is 7.51. The summed E-state index contributed by atoms with van der Waals surface area (Å²) in [5.74, 6) is 0.471. The molecule has 0 radical (unpaired) electrons. The van der Waals surface area contributed by atoms with E-state index in [0.29, 0.717) is 17.4 Å². The van der Waals surface area contributed by atoms with Crippen molar-refractivity contribution in [3.63, 3.8) is 0 Å². The zero-order valence-corrected chi connectivity index (χ0v) is 23.2. The second-order valence-electron chi connectivity index (χ2n) is 10.6.